The number of nitro groups is 1. The molecule has 2 N–H and O–H groups in total. The third-order valence-electron chi connectivity index (χ3n) is 3.07. The lowest BCUT2D eigenvalue weighted by atomic mass is 10.2. The zero-order valence-corrected chi connectivity index (χ0v) is 13.2. The molecule has 0 aliphatic rings. The maximum atomic E-state index is 11.8. The number of hydrogen-bond acceptors (Lipinski definition) is 5. The van der Waals surface area contributed by atoms with Crippen molar-refractivity contribution in [3.63, 3.8) is 0 Å². The average molecular weight is 323 g/mol. The molecule has 0 aliphatic carbocycles. The second-order valence-corrected chi connectivity index (χ2v) is 4.98. The summed E-state index contributed by atoms with van der Waals surface area (Å²) in [6, 6.07) is 5.77. The monoisotopic (exact) mass is 323 g/mol. The molecule has 2 amide bonds. The molecule has 1 atom stereocenters. The summed E-state index contributed by atoms with van der Waals surface area (Å²) in [6.07, 6.45) is 2.03. The fraction of sp³-hybridized carbons (Fsp3) is 0.467. The largest absolute Gasteiger partial charge is 0.474 e. The number of benzene rings is 1. The highest BCUT2D eigenvalue weighted by atomic mass is 16.6. The fourth-order valence-electron chi connectivity index (χ4n) is 1.78. The quantitative estimate of drug-likeness (QED) is 0.432. The molecular weight excluding hydrogens is 302 g/mol. The molecule has 0 fully saturated rings. The van der Waals surface area contributed by atoms with Gasteiger partial charge in [0, 0.05) is 12.5 Å². The van der Waals surface area contributed by atoms with Gasteiger partial charge in [-0.05, 0) is 19.4 Å². The lowest BCUT2D eigenvalue weighted by molar-refractivity contribution is -0.386. The minimum atomic E-state index is -0.993. The Balaban J connectivity index is 2.49. The smallest absolute Gasteiger partial charge is 0.310 e. The van der Waals surface area contributed by atoms with Gasteiger partial charge in [0.05, 0.1) is 4.92 Å². The average Bonchev–Trinajstić information content (AvgIpc) is 2.53. The van der Waals surface area contributed by atoms with E-state index in [1.807, 2.05) is 6.92 Å². The molecule has 0 saturated carbocycles. The number of nitrogens with one attached hydrogen (secondary N) is 2. The lowest BCUT2D eigenvalue weighted by Gasteiger charge is -2.15. The SMILES string of the molecule is CCCCCC(=O)NNC(=O)C(C)Oc1ccccc1[N+](=O)[O-]. The summed E-state index contributed by atoms with van der Waals surface area (Å²) in [5, 5.41) is 10.9. The van der Waals surface area contributed by atoms with Crippen LogP contribution in [0.25, 0.3) is 0 Å². The van der Waals surface area contributed by atoms with Gasteiger partial charge in [-0.2, -0.15) is 0 Å². The van der Waals surface area contributed by atoms with Gasteiger partial charge in [0.15, 0.2) is 11.9 Å². The van der Waals surface area contributed by atoms with Gasteiger partial charge in [-0.25, -0.2) is 0 Å². The number of amides is 2. The summed E-state index contributed by atoms with van der Waals surface area (Å²) in [7, 11) is 0. The van der Waals surface area contributed by atoms with Crippen LogP contribution < -0.4 is 15.6 Å². The Morgan fingerprint density at radius 3 is 2.61 bits per heavy atom. The van der Waals surface area contributed by atoms with Gasteiger partial charge >= 0.3 is 5.69 Å². The summed E-state index contributed by atoms with van der Waals surface area (Å²) in [6.45, 7) is 3.47. The van der Waals surface area contributed by atoms with E-state index in [4.69, 9.17) is 4.74 Å². The summed E-state index contributed by atoms with van der Waals surface area (Å²) in [5.41, 5.74) is 4.31. The van der Waals surface area contributed by atoms with Gasteiger partial charge < -0.3 is 4.74 Å². The van der Waals surface area contributed by atoms with Gasteiger partial charge in [0.2, 0.25) is 5.91 Å². The predicted octanol–water partition coefficient (Wildman–Crippen LogP) is 2.09. The minimum absolute atomic E-state index is 0.00516. The number of unbranched alkanes of at least 4 members (excludes halogenated alkanes) is 2. The Morgan fingerprint density at radius 1 is 1.26 bits per heavy atom. The molecule has 8 nitrogen and oxygen atoms in total. The van der Waals surface area contributed by atoms with Crippen molar-refractivity contribution in [3.8, 4) is 5.75 Å². The number of para-hydroxylation sites is 2. The molecule has 1 aromatic rings. The van der Waals surface area contributed by atoms with E-state index in [1.54, 1.807) is 6.07 Å². The number of rotatable bonds is 8. The number of nitro benzene ring substituents is 1. The van der Waals surface area contributed by atoms with Gasteiger partial charge in [0.1, 0.15) is 0 Å². The van der Waals surface area contributed by atoms with Gasteiger partial charge in [-0.15, -0.1) is 0 Å². The van der Waals surface area contributed by atoms with Crippen molar-refractivity contribution in [2.75, 3.05) is 0 Å². The molecule has 23 heavy (non-hydrogen) atoms. The summed E-state index contributed by atoms with van der Waals surface area (Å²) in [4.78, 5) is 33.6. The van der Waals surface area contributed by atoms with Crippen LogP contribution in [0.5, 0.6) is 5.75 Å². The fourth-order valence-corrected chi connectivity index (χ4v) is 1.78. The lowest BCUT2D eigenvalue weighted by Crippen LogP contribution is -2.47. The molecule has 126 valence electrons. The standard InChI is InChI=1S/C15H21N3O5/c1-3-4-5-10-14(19)16-17-15(20)11(2)23-13-9-7-6-8-12(13)18(21)22/h6-9,11H,3-5,10H2,1-2H3,(H,16,19)(H,17,20). The normalized spacial score (nSPS) is 11.4. The summed E-state index contributed by atoms with van der Waals surface area (Å²) in [5.74, 6) is -0.883. The molecule has 0 heterocycles. The van der Waals surface area contributed by atoms with E-state index in [0.717, 1.165) is 19.3 Å². The van der Waals surface area contributed by atoms with Gasteiger partial charge in [-0.1, -0.05) is 31.9 Å². The van der Waals surface area contributed by atoms with Crippen LogP contribution in [0.1, 0.15) is 39.5 Å². The van der Waals surface area contributed by atoms with Crippen LogP contribution in [-0.2, 0) is 9.59 Å². The van der Waals surface area contributed by atoms with Crippen LogP contribution in [0.2, 0.25) is 0 Å². The molecule has 1 rings (SSSR count). The van der Waals surface area contributed by atoms with E-state index in [-0.39, 0.29) is 17.3 Å². The van der Waals surface area contributed by atoms with Crippen LogP contribution >= 0.6 is 0 Å². The highest BCUT2D eigenvalue weighted by molar-refractivity contribution is 5.84. The van der Waals surface area contributed by atoms with Crippen molar-refractivity contribution in [2.45, 2.75) is 45.6 Å². The molecule has 0 aliphatic heterocycles. The first kappa shape index (κ1) is 18.4. The van der Waals surface area contributed by atoms with E-state index in [2.05, 4.69) is 10.9 Å². The van der Waals surface area contributed by atoms with Crippen LogP contribution in [-0.4, -0.2) is 22.8 Å². The molecule has 0 spiro atoms. The van der Waals surface area contributed by atoms with Crippen molar-refractivity contribution in [1.29, 1.82) is 0 Å². The Hall–Kier alpha value is -2.64. The van der Waals surface area contributed by atoms with Crippen molar-refractivity contribution in [2.24, 2.45) is 0 Å². The molecular formula is C15H21N3O5. The van der Waals surface area contributed by atoms with Crippen LogP contribution in [0.15, 0.2) is 24.3 Å². The van der Waals surface area contributed by atoms with E-state index < -0.39 is 16.9 Å². The number of hydrazine groups is 1. The van der Waals surface area contributed by atoms with E-state index in [0.29, 0.717) is 6.42 Å². The molecule has 0 aromatic heterocycles. The number of carbonyl (C=O) groups is 2. The maximum absolute atomic E-state index is 11.8. The highest BCUT2D eigenvalue weighted by Crippen LogP contribution is 2.26. The van der Waals surface area contributed by atoms with Crippen molar-refractivity contribution in [3.05, 3.63) is 34.4 Å². The Morgan fingerprint density at radius 2 is 1.96 bits per heavy atom. The van der Waals surface area contributed by atoms with E-state index >= 15 is 0 Å². The third kappa shape index (κ3) is 6.33. The second kappa shape index (κ2) is 9.39. The third-order valence-corrected chi connectivity index (χ3v) is 3.07. The topological polar surface area (TPSA) is 111 Å². The molecule has 0 saturated heterocycles. The molecule has 0 bridgehead atoms. The van der Waals surface area contributed by atoms with Crippen LogP contribution in [0.3, 0.4) is 0 Å². The maximum Gasteiger partial charge on any atom is 0.310 e. The first-order chi connectivity index (χ1) is 11.0. The zero-order chi connectivity index (χ0) is 17.2. The van der Waals surface area contributed by atoms with Crippen molar-refractivity contribution < 1.29 is 19.2 Å². The minimum Gasteiger partial charge on any atom is -0.474 e. The molecule has 1 unspecified atom stereocenters. The number of nitrogens with zero attached hydrogens (tertiary/aromatic N) is 1. The highest BCUT2D eigenvalue weighted by Gasteiger charge is 2.20. The number of hydrogen-bond donors (Lipinski definition) is 2. The molecule has 1 aromatic carbocycles. The molecule has 0 radical (unpaired) electrons. The molecule has 8 heteroatoms. The van der Waals surface area contributed by atoms with E-state index in [1.165, 1.54) is 25.1 Å². The zero-order valence-electron chi connectivity index (χ0n) is 13.2. The Labute approximate surface area is 134 Å². The summed E-state index contributed by atoms with van der Waals surface area (Å²) >= 11 is 0. The Kier molecular flexibility index (Phi) is 7.52. The van der Waals surface area contributed by atoms with Crippen molar-refractivity contribution >= 4 is 17.5 Å². The van der Waals surface area contributed by atoms with Crippen LogP contribution in [0.4, 0.5) is 5.69 Å². The number of carbonyl (C=O) groups excluding carboxylic acids is 2. The second-order valence-electron chi connectivity index (χ2n) is 4.98. The van der Waals surface area contributed by atoms with Gasteiger partial charge in [-0.3, -0.25) is 30.6 Å². The number of ether oxygens (including phenoxy) is 1. The summed E-state index contributed by atoms with van der Waals surface area (Å²) < 4.78 is 5.29. The Bertz CT molecular complexity index is 562. The first-order valence-electron chi connectivity index (χ1n) is 7.44. The van der Waals surface area contributed by atoms with Gasteiger partial charge in [0.25, 0.3) is 5.91 Å². The first-order valence-corrected chi connectivity index (χ1v) is 7.44. The predicted molar refractivity (Wildman–Crippen MR) is 83.6 cm³/mol. The van der Waals surface area contributed by atoms with Crippen molar-refractivity contribution in [1.82, 2.24) is 10.9 Å². The van der Waals surface area contributed by atoms with E-state index in [9.17, 15) is 19.7 Å². The van der Waals surface area contributed by atoms with Crippen LogP contribution in [0, 0.1) is 10.1 Å².